The summed E-state index contributed by atoms with van der Waals surface area (Å²) < 4.78 is 5.31. The van der Waals surface area contributed by atoms with Crippen molar-refractivity contribution in [3.8, 4) is 0 Å². The van der Waals surface area contributed by atoms with Gasteiger partial charge in [-0.3, -0.25) is 24.7 Å². The van der Waals surface area contributed by atoms with Crippen LogP contribution in [0.1, 0.15) is 17.2 Å². The third-order valence-corrected chi connectivity index (χ3v) is 5.38. The van der Waals surface area contributed by atoms with E-state index in [-0.39, 0.29) is 33.2 Å². The number of nitrogens with one attached hydrogen (secondary N) is 2. The first-order valence-electron chi connectivity index (χ1n) is 9.01. The summed E-state index contributed by atoms with van der Waals surface area (Å²) in [7, 11) is 0. The third kappa shape index (κ3) is 4.01. The quantitative estimate of drug-likeness (QED) is 0.281. The molecule has 0 spiro atoms. The molecule has 0 radical (unpaired) electrons. The first-order valence-corrected chi connectivity index (χ1v) is 9.77. The average molecular weight is 474 g/mol. The molecule has 0 saturated carbocycles. The third-order valence-electron chi connectivity index (χ3n) is 4.64. The summed E-state index contributed by atoms with van der Waals surface area (Å²) in [6.07, 6.45) is 1.34. The van der Waals surface area contributed by atoms with Crippen LogP contribution < -0.4 is 16.6 Å². The van der Waals surface area contributed by atoms with Crippen LogP contribution in [-0.2, 0) is 4.79 Å². The number of anilines is 2. The Labute approximate surface area is 189 Å². The Morgan fingerprint density at radius 2 is 2.00 bits per heavy atom. The summed E-state index contributed by atoms with van der Waals surface area (Å²) in [6, 6.07) is 9.97. The number of halogens is 2. The molecule has 1 unspecified atom stereocenters. The lowest BCUT2D eigenvalue weighted by molar-refractivity contribution is -0.384. The maximum atomic E-state index is 12.8. The van der Waals surface area contributed by atoms with E-state index in [1.165, 1.54) is 18.4 Å². The Bertz CT molecular complexity index is 1420. The van der Waals surface area contributed by atoms with E-state index in [2.05, 4.69) is 15.3 Å². The van der Waals surface area contributed by atoms with Crippen molar-refractivity contribution in [2.75, 3.05) is 5.32 Å². The molecule has 12 heteroatoms. The lowest BCUT2D eigenvalue weighted by Crippen LogP contribution is -2.23. The number of fused-ring (bicyclic) bond motifs is 1. The summed E-state index contributed by atoms with van der Waals surface area (Å²) in [5.41, 5.74) is 5.09. The van der Waals surface area contributed by atoms with Crippen molar-refractivity contribution in [1.29, 1.82) is 0 Å². The minimum Gasteiger partial charge on any atom is -0.468 e. The van der Waals surface area contributed by atoms with Crippen LogP contribution in [0.25, 0.3) is 10.9 Å². The lowest BCUT2D eigenvalue weighted by atomic mass is 9.93. The number of aromatic nitrogens is 2. The van der Waals surface area contributed by atoms with Gasteiger partial charge in [0, 0.05) is 23.4 Å². The number of non-ortho nitro benzene ring substituents is 1. The summed E-state index contributed by atoms with van der Waals surface area (Å²) >= 11 is 11.9. The molecule has 162 valence electrons. The highest BCUT2D eigenvalue weighted by Crippen LogP contribution is 2.33. The Morgan fingerprint density at radius 1 is 1.22 bits per heavy atom. The molecule has 2 heterocycles. The van der Waals surface area contributed by atoms with E-state index in [9.17, 15) is 19.7 Å². The van der Waals surface area contributed by atoms with Crippen molar-refractivity contribution in [3.63, 3.8) is 0 Å². The van der Waals surface area contributed by atoms with Crippen molar-refractivity contribution in [2.24, 2.45) is 5.73 Å². The monoisotopic (exact) mass is 473 g/mol. The van der Waals surface area contributed by atoms with E-state index >= 15 is 0 Å². The molecule has 0 fully saturated rings. The van der Waals surface area contributed by atoms with Crippen LogP contribution in [0.4, 0.5) is 17.3 Å². The molecule has 1 amide bonds. The van der Waals surface area contributed by atoms with Gasteiger partial charge in [-0.25, -0.2) is 4.98 Å². The van der Waals surface area contributed by atoms with Crippen LogP contribution in [0.5, 0.6) is 0 Å². The summed E-state index contributed by atoms with van der Waals surface area (Å²) in [6.45, 7) is 0. The number of hydrogen-bond acceptors (Lipinski definition) is 7. The Balaban J connectivity index is 1.94. The van der Waals surface area contributed by atoms with Crippen molar-refractivity contribution in [3.05, 3.63) is 90.6 Å². The molecular weight excluding hydrogens is 461 g/mol. The van der Waals surface area contributed by atoms with Gasteiger partial charge in [0.25, 0.3) is 11.2 Å². The maximum absolute atomic E-state index is 12.8. The van der Waals surface area contributed by atoms with Crippen LogP contribution in [0.2, 0.25) is 10.0 Å². The number of primary amides is 1. The first-order chi connectivity index (χ1) is 15.2. The van der Waals surface area contributed by atoms with Crippen molar-refractivity contribution >= 4 is 57.3 Å². The van der Waals surface area contributed by atoms with Gasteiger partial charge < -0.3 is 15.5 Å². The standard InChI is InChI=1S/C20H13Cl2N5O5/c21-13-4-3-9(6-14(13)22)24-20-25-17-11(16(18(23)28)15-2-1-5-32-15)7-10(27(30)31)8-12(17)19(29)26-20/h1-8,16H,(H2,23,28)(H2,24,25,26,29). The molecule has 0 aliphatic carbocycles. The summed E-state index contributed by atoms with van der Waals surface area (Å²) in [4.78, 5) is 42.7. The predicted octanol–water partition coefficient (Wildman–Crippen LogP) is 4.09. The van der Waals surface area contributed by atoms with Crippen LogP contribution in [0.15, 0.2) is 57.9 Å². The molecule has 0 bridgehead atoms. The number of benzene rings is 2. The van der Waals surface area contributed by atoms with Crippen LogP contribution in [0, 0.1) is 10.1 Å². The fourth-order valence-corrected chi connectivity index (χ4v) is 3.55. The number of nitrogens with zero attached hydrogens (tertiary/aromatic N) is 2. The molecule has 2 aromatic heterocycles. The van der Waals surface area contributed by atoms with Crippen molar-refractivity contribution in [2.45, 2.75) is 5.92 Å². The Morgan fingerprint density at radius 3 is 2.62 bits per heavy atom. The van der Waals surface area contributed by atoms with Crippen LogP contribution in [-0.4, -0.2) is 20.8 Å². The number of rotatable bonds is 6. The molecule has 0 saturated heterocycles. The smallest absolute Gasteiger partial charge is 0.270 e. The molecule has 0 aliphatic heterocycles. The SMILES string of the molecule is NC(=O)C(c1ccco1)c1cc([N+](=O)[O-])cc2c(=O)[nH]c(Nc3ccc(Cl)c(Cl)c3)nc12. The minimum atomic E-state index is -1.21. The molecule has 4 aromatic rings. The van der Waals surface area contributed by atoms with Gasteiger partial charge in [0.2, 0.25) is 11.9 Å². The van der Waals surface area contributed by atoms with Gasteiger partial charge in [-0.2, -0.15) is 0 Å². The second-order valence-corrected chi connectivity index (χ2v) is 7.52. The summed E-state index contributed by atoms with van der Waals surface area (Å²) in [5, 5.41) is 14.9. The van der Waals surface area contributed by atoms with Gasteiger partial charge in [0.05, 0.1) is 32.1 Å². The van der Waals surface area contributed by atoms with E-state index in [0.29, 0.717) is 10.7 Å². The highest BCUT2D eigenvalue weighted by atomic mass is 35.5. The second kappa shape index (κ2) is 8.33. The number of nitrogens with two attached hydrogens (primary N) is 1. The average Bonchev–Trinajstić information content (AvgIpc) is 3.25. The fourth-order valence-electron chi connectivity index (χ4n) is 3.25. The number of carbonyl (C=O) groups excluding carboxylic acids is 1. The second-order valence-electron chi connectivity index (χ2n) is 6.71. The number of amides is 1. The van der Waals surface area contributed by atoms with Gasteiger partial charge in [-0.15, -0.1) is 0 Å². The van der Waals surface area contributed by atoms with Gasteiger partial charge in [-0.05, 0) is 30.3 Å². The number of nitro benzene ring substituents is 1. The lowest BCUT2D eigenvalue weighted by Gasteiger charge is -2.14. The zero-order chi connectivity index (χ0) is 23.0. The molecule has 1 atom stereocenters. The predicted molar refractivity (Wildman–Crippen MR) is 119 cm³/mol. The van der Waals surface area contributed by atoms with E-state index in [1.807, 2.05) is 0 Å². The molecule has 4 rings (SSSR count). The largest absolute Gasteiger partial charge is 0.468 e. The maximum Gasteiger partial charge on any atom is 0.270 e. The number of aromatic amines is 1. The number of furan rings is 1. The topological polar surface area (TPSA) is 157 Å². The van der Waals surface area contributed by atoms with Crippen LogP contribution >= 0.6 is 23.2 Å². The molecule has 0 aliphatic rings. The van der Waals surface area contributed by atoms with Gasteiger partial charge in [-0.1, -0.05) is 23.2 Å². The molecule has 2 aromatic carbocycles. The highest BCUT2D eigenvalue weighted by molar-refractivity contribution is 6.42. The first kappa shape index (κ1) is 21.3. The zero-order valence-electron chi connectivity index (χ0n) is 16.0. The van der Waals surface area contributed by atoms with Crippen LogP contribution in [0.3, 0.4) is 0 Å². The summed E-state index contributed by atoms with van der Waals surface area (Å²) in [5.74, 6) is -1.87. The molecule has 10 nitrogen and oxygen atoms in total. The molecular formula is C20H13Cl2N5O5. The van der Waals surface area contributed by atoms with Crippen molar-refractivity contribution < 1.29 is 14.1 Å². The molecule has 4 N–H and O–H groups in total. The number of nitro groups is 1. The van der Waals surface area contributed by atoms with Gasteiger partial charge >= 0.3 is 0 Å². The minimum absolute atomic E-state index is 0.0126. The zero-order valence-corrected chi connectivity index (χ0v) is 17.5. The van der Waals surface area contributed by atoms with E-state index in [0.717, 1.165) is 12.1 Å². The van der Waals surface area contributed by atoms with E-state index in [4.69, 9.17) is 33.4 Å². The van der Waals surface area contributed by atoms with Gasteiger partial charge in [0.1, 0.15) is 11.7 Å². The van der Waals surface area contributed by atoms with E-state index < -0.39 is 28.0 Å². The van der Waals surface area contributed by atoms with E-state index in [1.54, 1.807) is 18.2 Å². The molecule has 32 heavy (non-hydrogen) atoms. The number of carbonyl (C=O) groups is 1. The Hall–Kier alpha value is -3.89. The highest BCUT2D eigenvalue weighted by Gasteiger charge is 2.29. The fraction of sp³-hybridized carbons (Fsp3) is 0.0500. The number of hydrogen-bond donors (Lipinski definition) is 3. The Kier molecular flexibility index (Phi) is 5.56. The number of H-pyrrole nitrogens is 1. The normalized spacial score (nSPS) is 11.9. The van der Waals surface area contributed by atoms with Gasteiger partial charge in [0.15, 0.2) is 0 Å². The van der Waals surface area contributed by atoms with Crippen molar-refractivity contribution in [1.82, 2.24) is 9.97 Å².